The van der Waals surface area contributed by atoms with E-state index >= 15 is 0 Å². The fourth-order valence-electron chi connectivity index (χ4n) is 2.60. The number of ether oxygens (including phenoxy) is 2. The quantitative estimate of drug-likeness (QED) is 0.802. The van der Waals surface area contributed by atoms with Gasteiger partial charge >= 0.3 is 0 Å². The molecule has 0 aliphatic carbocycles. The van der Waals surface area contributed by atoms with E-state index in [1.165, 1.54) is 4.90 Å². The summed E-state index contributed by atoms with van der Waals surface area (Å²) < 4.78 is 11.5. The predicted molar refractivity (Wildman–Crippen MR) is 89.6 cm³/mol. The van der Waals surface area contributed by atoms with Crippen LogP contribution in [-0.2, 0) is 14.3 Å². The number of morpholine rings is 1. The molecule has 1 aromatic heterocycles. The van der Waals surface area contributed by atoms with Crippen LogP contribution in [0.5, 0.6) is 0 Å². The molecule has 1 amide bonds. The van der Waals surface area contributed by atoms with Gasteiger partial charge in [-0.3, -0.25) is 4.79 Å². The van der Waals surface area contributed by atoms with E-state index in [2.05, 4.69) is 16.0 Å². The van der Waals surface area contributed by atoms with E-state index in [1.807, 2.05) is 19.9 Å². The first-order valence-corrected chi connectivity index (χ1v) is 7.87. The summed E-state index contributed by atoms with van der Waals surface area (Å²) in [6.45, 7) is 5.73. The number of rotatable bonds is 5. The lowest BCUT2D eigenvalue weighted by atomic mass is 10.1. The van der Waals surface area contributed by atoms with Gasteiger partial charge in [0.15, 0.2) is 0 Å². The van der Waals surface area contributed by atoms with E-state index in [-0.39, 0.29) is 24.2 Å². The third-order valence-corrected chi connectivity index (χ3v) is 3.71. The monoisotopic (exact) mass is 332 g/mol. The molecule has 2 rings (SSSR count). The Kier molecular flexibility index (Phi) is 5.75. The van der Waals surface area contributed by atoms with Gasteiger partial charge < -0.3 is 19.3 Å². The third kappa shape index (κ3) is 4.91. The molecule has 7 heteroatoms. The molecular weight excluding hydrogens is 308 g/mol. The van der Waals surface area contributed by atoms with Crippen LogP contribution in [0.1, 0.15) is 19.4 Å². The Morgan fingerprint density at radius 1 is 1.54 bits per heavy atom. The number of likely N-dealkylation sites (N-methyl/N-ethyl adjacent to an activating group) is 1. The predicted octanol–water partition coefficient (Wildman–Crippen LogP) is 1.04. The minimum atomic E-state index is -0.354. The Hall–Kier alpha value is -2.17. The molecule has 0 unspecified atom stereocenters. The first kappa shape index (κ1) is 18.2. The Bertz CT molecular complexity index is 607. The molecule has 0 spiro atoms. The molecule has 1 fully saturated rings. The normalized spacial score (nSPS) is 19.6. The molecule has 7 nitrogen and oxygen atoms in total. The van der Waals surface area contributed by atoms with E-state index in [0.717, 1.165) is 5.82 Å². The van der Waals surface area contributed by atoms with Gasteiger partial charge in [-0.2, -0.15) is 5.26 Å². The SMILES string of the molecule is CN(C)C(=O)COC[C@@H]1CN(c2ccc(C#N)cn2)CC(C)(C)O1. The second-order valence-corrected chi connectivity index (χ2v) is 6.70. The summed E-state index contributed by atoms with van der Waals surface area (Å²) in [5, 5.41) is 8.87. The van der Waals surface area contributed by atoms with Crippen molar-refractivity contribution < 1.29 is 14.3 Å². The average Bonchev–Trinajstić information content (AvgIpc) is 2.53. The van der Waals surface area contributed by atoms with Gasteiger partial charge in [0.1, 0.15) is 18.5 Å². The van der Waals surface area contributed by atoms with Crippen LogP contribution in [0.25, 0.3) is 0 Å². The molecule has 130 valence electrons. The number of hydrogen-bond acceptors (Lipinski definition) is 6. The highest BCUT2D eigenvalue weighted by atomic mass is 16.5. The van der Waals surface area contributed by atoms with E-state index in [0.29, 0.717) is 25.3 Å². The van der Waals surface area contributed by atoms with Crippen LogP contribution in [0.3, 0.4) is 0 Å². The van der Waals surface area contributed by atoms with Crippen molar-refractivity contribution in [2.45, 2.75) is 25.6 Å². The van der Waals surface area contributed by atoms with Crippen LogP contribution in [0.4, 0.5) is 5.82 Å². The van der Waals surface area contributed by atoms with E-state index in [1.54, 1.807) is 26.4 Å². The van der Waals surface area contributed by atoms with Crippen LogP contribution in [0.15, 0.2) is 18.3 Å². The zero-order valence-corrected chi connectivity index (χ0v) is 14.7. The first-order chi connectivity index (χ1) is 11.3. The highest BCUT2D eigenvalue weighted by Gasteiger charge is 2.34. The number of carbonyl (C=O) groups excluding carboxylic acids is 1. The second-order valence-electron chi connectivity index (χ2n) is 6.70. The number of anilines is 1. The summed E-state index contributed by atoms with van der Waals surface area (Å²) in [5.41, 5.74) is 0.182. The van der Waals surface area contributed by atoms with Crippen molar-refractivity contribution in [2.75, 3.05) is 45.3 Å². The van der Waals surface area contributed by atoms with Gasteiger partial charge in [-0.15, -0.1) is 0 Å². The minimum Gasteiger partial charge on any atom is -0.369 e. The molecule has 0 radical (unpaired) electrons. The lowest BCUT2D eigenvalue weighted by Crippen LogP contribution is -2.54. The third-order valence-electron chi connectivity index (χ3n) is 3.71. The second kappa shape index (κ2) is 7.60. The fraction of sp³-hybridized carbons (Fsp3) is 0.588. The molecule has 24 heavy (non-hydrogen) atoms. The number of pyridine rings is 1. The van der Waals surface area contributed by atoms with E-state index in [4.69, 9.17) is 14.7 Å². The molecule has 1 aliphatic rings. The molecule has 0 bridgehead atoms. The average molecular weight is 332 g/mol. The van der Waals surface area contributed by atoms with Crippen LogP contribution >= 0.6 is 0 Å². The maximum Gasteiger partial charge on any atom is 0.248 e. The highest BCUT2D eigenvalue weighted by molar-refractivity contribution is 5.76. The summed E-state index contributed by atoms with van der Waals surface area (Å²) >= 11 is 0. The topological polar surface area (TPSA) is 78.7 Å². The minimum absolute atomic E-state index is 0.0441. The van der Waals surface area contributed by atoms with Crippen LogP contribution in [-0.4, -0.2) is 67.9 Å². The number of nitriles is 1. The molecule has 1 atom stereocenters. The van der Waals surface area contributed by atoms with E-state index in [9.17, 15) is 4.79 Å². The molecule has 1 aromatic rings. The number of nitrogens with zero attached hydrogens (tertiary/aromatic N) is 4. The molecule has 1 saturated heterocycles. The number of carbonyl (C=O) groups is 1. The van der Waals surface area contributed by atoms with E-state index < -0.39 is 0 Å². The van der Waals surface area contributed by atoms with Gasteiger partial charge in [-0.05, 0) is 26.0 Å². The molecular formula is C17H24N4O3. The summed E-state index contributed by atoms with van der Waals surface area (Å²) in [4.78, 5) is 19.5. The maximum atomic E-state index is 11.6. The molecule has 1 aliphatic heterocycles. The van der Waals surface area contributed by atoms with Crippen molar-refractivity contribution >= 4 is 11.7 Å². The van der Waals surface area contributed by atoms with Gasteiger partial charge in [-0.25, -0.2) is 4.98 Å². The summed E-state index contributed by atoms with van der Waals surface area (Å²) in [7, 11) is 3.40. The van der Waals surface area contributed by atoms with Crippen molar-refractivity contribution in [3.05, 3.63) is 23.9 Å². The van der Waals surface area contributed by atoms with Crippen LogP contribution in [0, 0.1) is 11.3 Å². The van der Waals surface area contributed by atoms with Gasteiger partial charge in [0.05, 0.1) is 23.9 Å². The van der Waals surface area contributed by atoms with Gasteiger partial charge in [0.2, 0.25) is 5.91 Å². The Labute approximate surface area is 142 Å². The Morgan fingerprint density at radius 2 is 2.29 bits per heavy atom. The van der Waals surface area contributed by atoms with Crippen molar-refractivity contribution in [3.63, 3.8) is 0 Å². The Balaban J connectivity index is 1.98. The number of aromatic nitrogens is 1. The summed E-state index contributed by atoms with van der Waals surface area (Å²) in [6, 6.07) is 5.66. The molecule has 0 aromatic carbocycles. The van der Waals surface area contributed by atoms with Gasteiger partial charge in [0, 0.05) is 33.4 Å². The van der Waals surface area contributed by atoms with Crippen molar-refractivity contribution in [1.29, 1.82) is 5.26 Å². The lowest BCUT2D eigenvalue weighted by Gasteiger charge is -2.43. The van der Waals surface area contributed by atoms with Gasteiger partial charge in [-0.1, -0.05) is 0 Å². The smallest absolute Gasteiger partial charge is 0.248 e. The van der Waals surface area contributed by atoms with Crippen molar-refractivity contribution in [2.24, 2.45) is 0 Å². The molecule has 0 N–H and O–H groups in total. The largest absolute Gasteiger partial charge is 0.369 e. The molecule has 0 saturated carbocycles. The summed E-state index contributed by atoms with van der Waals surface area (Å²) in [5.74, 6) is 0.732. The fourth-order valence-corrected chi connectivity index (χ4v) is 2.60. The molecule has 2 heterocycles. The zero-order valence-electron chi connectivity index (χ0n) is 14.7. The van der Waals surface area contributed by atoms with Gasteiger partial charge in [0.25, 0.3) is 0 Å². The number of amides is 1. The van der Waals surface area contributed by atoms with Crippen molar-refractivity contribution in [3.8, 4) is 6.07 Å². The zero-order chi connectivity index (χ0) is 17.7. The van der Waals surface area contributed by atoms with Crippen LogP contribution < -0.4 is 4.90 Å². The standard InChI is InChI=1S/C17H24N4O3/c1-17(2)12-21(15-6-5-13(7-18)8-19-15)9-14(24-17)10-23-11-16(22)20(3)4/h5-6,8,14H,9-12H2,1-4H3/t14-/m0/s1. The van der Waals surface area contributed by atoms with Crippen LogP contribution in [0.2, 0.25) is 0 Å². The Morgan fingerprint density at radius 3 is 2.88 bits per heavy atom. The highest BCUT2D eigenvalue weighted by Crippen LogP contribution is 2.25. The summed E-state index contributed by atoms with van der Waals surface area (Å²) in [6.07, 6.45) is 1.42. The van der Waals surface area contributed by atoms with Crippen molar-refractivity contribution in [1.82, 2.24) is 9.88 Å². The lowest BCUT2D eigenvalue weighted by molar-refractivity contribution is -0.139. The maximum absolute atomic E-state index is 11.6. The first-order valence-electron chi connectivity index (χ1n) is 7.87. The number of hydrogen-bond donors (Lipinski definition) is 0.